The number of alkyl halides is 3. The predicted molar refractivity (Wildman–Crippen MR) is 77.5 cm³/mol. The number of hydrogen-bond donors (Lipinski definition) is 1. The molecule has 2 rings (SSSR count). The Balaban J connectivity index is 1.73. The molecule has 1 heterocycles. The molecule has 1 saturated carbocycles. The highest BCUT2D eigenvalue weighted by molar-refractivity contribution is 5.77. The second-order valence-corrected chi connectivity index (χ2v) is 6.07. The zero-order chi connectivity index (χ0) is 16.9. The SMILES string of the molecule is C[C@@H]1CCC[C@@H](OCC(=O)NCc2nccn2CC(F)(F)F)C1. The van der Waals surface area contributed by atoms with Gasteiger partial charge in [0.25, 0.3) is 0 Å². The number of amides is 1. The first-order chi connectivity index (χ1) is 10.8. The van der Waals surface area contributed by atoms with Crippen molar-refractivity contribution in [2.75, 3.05) is 6.61 Å². The third kappa shape index (κ3) is 6.21. The number of imidazole rings is 1. The van der Waals surface area contributed by atoms with Crippen molar-refractivity contribution >= 4 is 5.91 Å². The van der Waals surface area contributed by atoms with E-state index in [2.05, 4.69) is 17.2 Å². The van der Waals surface area contributed by atoms with Crippen LogP contribution in [0.1, 0.15) is 38.4 Å². The molecule has 0 radical (unpaired) electrons. The lowest BCUT2D eigenvalue weighted by Crippen LogP contribution is -2.32. The minimum absolute atomic E-state index is 0.0493. The molecule has 23 heavy (non-hydrogen) atoms. The van der Waals surface area contributed by atoms with E-state index < -0.39 is 12.7 Å². The Bertz CT molecular complexity index is 516. The van der Waals surface area contributed by atoms with Crippen LogP contribution in [0.5, 0.6) is 0 Å². The predicted octanol–water partition coefficient (Wildman–Crippen LogP) is 2.66. The van der Waals surface area contributed by atoms with Crippen LogP contribution < -0.4 is 5.32 Å². The molecule has 1 aromatic rings. The van der Waals surface area contributed by atoms with Gasteiger partial charge in [-0.2, -0.15) is 13.2 Å². The summed E-state index contributed by atoms with van der Waals surface area (Å²) in [5.41, 5.74) is 0. The van der Waals surface area contributed by atoms with E-state index in [1.165, 1.54) is 18.8 Å². The minimum Gasteiger partial charge on any atom is -0.368 e. The summed E-state index contributed by atoms with van der Waals surface area (Å²) in [4.78, 5) is 15.6. The summed E-state index contributed by atoms with van der Waals surface area (Å²) in [6.45, 7) is 0.925. The van der Waals surface area contributed by atoms with Crippen LogP contribution in [0, 0.1) is 5.92 Å². The van der Waals surface area contributed by atoms with Crippen molar-refractivity contribution in [1.82, 2.24) is 14.9 Å². The van der Waals surface area contributed by atoms with Gasteiger partial charge in [0.2, 0.25) is 5.91 Å². The van der Waals surface area contributed by atoms with E-state index in [9.17, 15) is 18.0 Å². The molecule has 1 amide bonds. The Morgan fingerprint density at radius 2 is 2.26 bits per heavy atom. The molecule has 0 unspecified atom stereocenters. The Kier molecular flexibility index (Phi) is 6.04. The average molecular weight is 333 g/mol. The van der Waals surface area contributed by atoms with Gasteiger partial charge in [0.1, 0.15) is 19.0 Å². The molecule has 8 heteroatoms. The maximum Gasteiger partial charge on any atom is 0.406 e. The first-order valence-electron chi connectivity index (χ1n) is 7.78. The Morgan fingerprint density at radius 1 is 1.48 bits per heavy atom. The van der Waals surface area contributed by atoms with Crippen LogP contribution in [-0.2, 0) is 22.6 Å². The number of ether oxygens (including phenoxy) is 1. The number of carbonyl (C=O) groups excluding carboxylic acids is 1. The number of hydrogen-bond acceptors (Lipinski definition) is 3. The fourth-order valence-electron chi connectivity index (χ4n) is 2.80. The maximum absolute atomic E-state index is 12.4. The monoisotopic (exact) mass is 333 g/mol. The van der Waals surface area contributed by atoms with Crippen molar-refractivity contribution in [3.05, 3.63) is 18.2 Å². The van der Waals surface area contributed by atoms with Crippen molar-refractivity contribution in [3.63, 3.8) is 0 Å². The highest BCUT2D eigenvalue weighted by Gasteiger charge is 2.28. The van der Waals surface area contributed by atoms with Gasteiger partial charge in [-0.05, 0) is 18.8 Å². The molecule has 5 nitrogen and oxygen atoms in total. The third-order valence-electron chi connectivity index (χ3n) is 3.93. The van der Waals surface area contributed by atoms with E-state index >= 15 is 0 Å². The van der Waals surface area contributed by atoms with E-state index in [0.29, 0.717) is 5.92 Å². The average Bonchev–Trinajstić information content (AvgIpc) is 2.88. The molecule has 0 bridgehead atoms. The maximum atomic E-state index is 12.4. The zero-order valence-corrected chi connectivity index (χ0v) is 13.1. The fourth-order valence-corrected chi connectivity index (χ4v) is 2.80. The quantitative estimate of drug-likeness (QED) is 0.871. The van der Waals surface area contributed by atoms with E-state index in [0.717, 1.165) is 23.8 Å². The standard InChI is InChI=1S/C15H22F3N3O2/c1-11-3-2-4-12(7-11)23-9-14(22)20-8-13-19-5-6-21(13)10-15(16,17)18/h5-6,11-12H,2-4,7-10H2,1H3,(H,20,22)/t11-,12-/m1/s1. The lowest BCUT2D eigenvalue weighted by Gasteiger charge is -2.26. The Labute approximate surface area is 133 Å². The normalized spacial score (nSPS) is 22.1. The summed E-state index contributed by atoms with van der Waals surface area (Å²) in [5, 5.41) is 2.55. The Hall–Kier alpha value is -1.57. The second kappa shape index (κ2) is 7.81. The molecule has 0 aliphatic heterocycles. The van der Waals surface area contributed by atoms with Crippen LogP contribution >= 0.6 is 0 Å². The highest BCUT2D eigenvalue weighted by Crippen LogP contribution is 2.25. The molecule has 1 fully saturated rings. The lowest BCUT2D eigenvalue weighted by molar-refractivity contribution is -0.141. The summed E-state index contributed by atoms with van der Waals surface area (Å²) in [6.07, 6.45) is 2.49. The number of halogens is 3. The van der Waals surface area contributed by atoms with Crippen LogP contribution in [0.2, 0.25) is 0 Å². The van der Waals surface area contributed by atoms with Crippen LogP contribution in [0.15, 0.2) is 12.4 Å². The van der Waals surface area contributed by atoms with Crippen molar-refractivity contribution < 1.29 is 22.7 Å². The van der Waals surface area contributed by atoms with Crippen molar-refractivity contribution in [1.29, 1.82) is 0 Å². The number of carbonyl (C=O) groups is 1. The molecule has 0 saturated heterocycles. The number of nitrogens with zero attached hydrogens (tertiary/aromatic N) is 2. The van der Waals surface area contributed by atoms with E-state index in [4.69, 9.17) is 4.74 Å². The molecule has 1 N–H and O–H groups in total. The smallest absolute Gasteiger partial charge is 0.368 e. The molecular formula is C15H22F3N3O2. The lowest BCUT2D eigenvalue weighted by atomic mass is 9.89. The van der Waals surface area contributed by atoms with Crippen molar-refractivity contribution in [2.24, 2.45) is 5.92 Å². The number of nitrogens with one attached hydrogen (secondary N) is 1. The first kappa shape index (κ1) is 17.8. The van der Waals surface area contributed by atoms with Crippen LogP contribution in [-0.4, -0.2) is 34.3 Å². The van der Waals surface area contributed by atoms with Gasteiger partial charge in [0, 0.05) is 12.4 Å². The summed E-state index contributed by atoms with van der Waals surface area (Å²) < 4.78 is 43.8. The molecule has 130 valence electrons. The molecule has 1 aliphatic carbocycles. The molecule has 1 aromatic heterocycles. The second-order valence-electron chi connectivity index (χ2n) is 6.07. The number of rotatable bonds is 6. The van der Waals surface area contributed by atoms with Gasteiger partial charge in [-0.25, -0.2) is 4.98 Å². The van der Waals surface area contributed by atoms with Gasteiger partial charge in [-0.15, -0.1) is 0 Å². The third-order valence-corrected chi connectivity index (χ3v) is 3.93. The van der Waals surface area contributed by atoms with Crippen LogP contribution in [0.3, 0.4) is 0 Å². The van der Waals surface area contributed by atoms with E-state index in [1.54, 1.807) is 0 Å². The van der Waals surface area contributed by atoms with Gasteiger partial charge in [0.15, 0.2) is 0 Å². The summed E-state index contributed by atoms with van der Waals surface area (Å²) in [7, 11) is 0. The highest BCUT2D eigenvalue weighted by atomic mass is 19.4. The van der Waals surface area contributed by atoms with E-state index in [1.807, 2.05) is 0 Å². The molecule has 2 atom stereocenters. The van der Waals surface area contributed by atoms with Gasteiger partial charge in [0.05, 0.1) is 12.6 Å². The Morgan fingerprint density at radius 3 is 2.96 bits per heavy atom. The summed E-state index contributed by atoms with van der Waals surface area (Å²) >= 11 is 0. The van der Waals surface area contributed by atoms with Gasteiger partial charge >= 0.3 is 6.18 Å². The molecular weight excluding hydrogens is 311 g/mol. The topological polar surface area (TPSA) is 56.1 Å². The van der Waals surface area contributed by atoms with Gasteiger partial charge < -0.3 is 14.6 Å². The van der Waals surface area contributed by atoms with Crippen LogP contribution in [0.4, 0.5) is 13.2 Å². The zero-order valence-electron chi connectivity index (χ0n) is 13.1. The molecule has 1 aliphatic rings. The minimum atomic E-state index is -4.32. The fraction of sp³-hybridized carbons (Fsp3) is 0.733. The summed E-state index contributed by atoms with van der Waals surface area (Å²) in [6, 6.07) is 0. The molecule has 0 aromatic carbocycles. The first-order valence-corrected chi connectivity index (χ1v) is 7.78. The molecule has 0 spiro atoms. The number of aromatic nitrogens is 2. The van der Waals surface area contributed by atoms with Gasteiger partial charge in [-0.3, -0.25) is 4.79 Å². The van der Waals surface area contributed by atoms with E-state index in [-0.39, 0.29) is 31.0 Å². The van der Waals surface area contributed by atoms with Crippen molar-refractivity contribution in [3.8, 4) is 0 Å². The van der Waals surface area contributed by atoms with Gasteiger partial charge in [-0.1, -0.05) is 19.8 Å². The largest absolute Gasteiger partial charge is 0.406 e. The summed E-state index contributed by atoms with van der Waals surface area (Å²) in [5.74, 6) is 0.429. The van der Waals surface area contributed by atoms with Crippen LogP contribution in [0.25, 0.3) is 0 Å². The van der Waals surface area contributed by atoms with Crippen molar-refractivity contribution in [2.45, 2.75) is 58.0 Å².